The SMILES string of the molecule is CNC(=O)c1cccc(-c2ccc3c(N4CCOC[C@@H]4C)nc(N4CCO[C@@]5(CNC(=O)C5)C4)nc3n2)c1. The largest absolute Gasteiger partial charge is 0.377 e. The van der Waals surface area contributed by atoms with Crippen LogP contribution in [0.15, 0.2) is 36.4 Å². The van der Waals surface area contributed by atoms with Crippen LogP contribution in [0.1, 0.15) is 23.7 Å². The number of nitrogens with one attached hydrogen (secondary N) is 2. The number of nitrogens with zero attached hydrogens (tertiary/aromatic N) is 5. The van der Waals surface area contributed by atoms with Gasteiger partial charge in [0.25, 0.3) is 5.91 Å². The van der Waals surface area contributed by atoms with Crippen LogP contribution < -0.4 is 20.4 Å². The van der Waals surface area contributed by atoms with E-state index in [2.05, 4.69) is 27.4 Å². The molecule has 11 heteroatoms. The van der Waals surface area contributed by atoms with Gasteiger partial charge in [0.1, 0.15) is 11.4 Å². The van der Waals surface area contributed by atoms with E-state index < -0.39 is 5.60 Å². The summed E-state index contributed by atoms with van der Waals surface area (Å²) in [6.45, 7) is 6.18. The Morgan fingerprint density at radius 2 is 2.05 bits per heavy atom. The highest BCUT2D eigenvalue weighted by molar-refractivity contribution is 5.95. The molecule has 3 aromatic rings. The second kappa shape index (κ2) is 9.80. The first-order valence-electron chi connectivity index (χ1n) is 13.0. The predicted molar refractivity (Wildman–Crippen MR) is 142 cm³/mol. The van der Waals surface area contributed by atoms with Crippen LogP contribution in [-0.4, -0.2) is 91.5 Å². The van der Waals surface area contributed by atoms with Crippen LogP contribution in [0.3, 0.4) is 0 Å². The van der Waals surface area contributed by atoms with E-state index in [-0.39, 0.29) is 17.9 Å². The van der Waals surface area contributed by atoms with Gasteiger partial charge < -0.3 is 29.9 Å². The van der Waals surface area contributed by atoms with Crippen molar-refractivity contribution < 1.29 is 19.1 Å². The molecule has 11 nitrogen and oxygen atoms in total. The number of anilines is 2. The average molecular weight is 518 g/mol. The number of morpholine rings is 2. The number of hydrogen-bond donors (Lipinski definition) is 2. The molecule has 2 amide bonds. The van der Waals surface area contributed by atoms with E-state index in [1.54, 1.807) is 13.1 Å². The molecule has 0 unspecified atom stereocenters. The number of hydrogen-bond acceptors (Lipinski definition) is 9. The van der Waals surface area contributed by atoms with Crippen LogP contribution in [0.4, 0.5) is 11.8 Å². The molecular weight excluding hydrogens is 486 g/mol. The smallest absolute Gasteiger partial charge is 0.251 e. The van der Waals surface area contributed by atoms with Crippen molar-refractivity contribution in [2.75, 3.05) is 62.8 Å². The first kappa shape index (κ1) is 24.5. The summed E-state index contributed by atoms with van der Waals surface area (Å²) in [5, 5.41) is 6.42. The summed E-state index contributed by atoms with van der Waals surface area (Å²) in [5.41, 5.74) is 2.12. The topological polar surface area (TPSA) is 122 Å². The van der Waals surface area contributed by atoms with Crippen molar-refractivity contribution in [1.29, 1.82) is 0 Å². The molecule has 3 saturated heterocycles. The standard InChI is InChI=1S/C27H31N7O4/c1-17-14-37-10-9-34(17)24-20-6-7-21(18-4-3-5-19(12-18)25(36)28-2)30-23(20)31-26(32-24)33-8-11-38-27(16-33)13-22(35)29-15-27/h3-7,12,17H,8-11,13-16H2,1-2H3,(H,28,36)(H,29,35)/t17-,27-/m0/s1. The Balaban J connectivity index is 1.44. The highest BCUT2D eigenvalue weighted by atomic mass is 16.5. The zero-order chi connectivity index (χ0) is 26.3. The van der Waals surface area contributed by atoms with Gasteiger partial charge in [-0.1, -0.05) is 12.1 Å². The van der Waals surface area contributed by atoms with Crippen LogP contribution >= 0.6 is 0 Å². The molecule has 2 N–H and O–H groups in total. The quantitative estimate of drug-likeness (QED) is 0.528. The van der Waals surface area contributed by atoms with Crippen molar-refractivity contribution >= 4 is 34.6 Å². The summed E-state index contributed by atoms with van der Waals surface area (Å²) >= 11 is 0. The molecule has 6 rings (SSSR count). The summed E-state index contributed by atoms with van der Waals surface area (Å²) < 4.78 is 11.7. The Morgan fingerprint density at radius 3 is 2.84 bits per heavy atom. The number of pyridine rings is 1. The molecule has 3 aliphatic rings. The minimum Gasteiger partial charge on any atom is -0.377 e. The summed E-state index contributed by atoms with van der Waals surface area (Å²) in [5.74, 6) is 1.23. The van der Waals surface area contributed by atoms with Crippen molar-refractivity contribution in [2.45, 2.75) is 25.0 Å². The van der Waals surface area contributed by atoms with E-state index >= 15 is 0 Å². The number of carbonyl (C=O) groups excluding carboxylic acids is 2. The lowest BCUT2D eigenvalue weighted by molar-refractivity contribution is -0.121. The van der Waals surface area contributed by atoms with Crippen LogP contribution in [0.25, 0.3) is 22.3 Å². The summed E-state index contributed by atoms with van der Waals surface area (Å²) in [4.78, 5) is 43.5. The Morgan fingerprint density at radius 1 is 1.16 bits per heavy atom. The second-order valence-corrected chi connectivity index (χ2v) is 10.1. The van der Waals surface area contributed by atoms with Crippen molar-refractivity contribution in [3.05, 3.63) is 42.0 Å². The van der Waals surface area contributed by atoms with Gasteiger partial charge >= 0.3 is 0 Å². The van der Waals surface area contributed by atoms with Crippen LogP contribution in [0, 0.1) is 0 Å². The Kier molecular flexibility index (Phi) is 6.32. The van der Waals surface area contributed by atoms with Gasteiger partial charge in [0.15, 0.2) is 5.65 Å². The molecule has 0 saturated carbocycles. The molecule has 3 aliphatic heterocycles. The number of carbonyl (C=O) groups is 2. The van der Waals surface area contributed by atoms with E-state index in [9.17, 15) is 9.59 Å². The minimum atomic E-state index is -0.574. The molecule has 0 aliphatic carbocycles. The van der Waals surface area contributed by atoms with E-state index in [0.717, 1.165) is 22.5 Å². The average Bonchev–Trinajstić information content (AvgIpc) is 3.30. The van der Waals surface area contributed by atoms with Crippen molar-refractivity contribution in [3.8, 4) is 11.3 Å². The highest BCUT2D eigenvalue weighted by Gasteiger charge is 2.44. The number of amides is 2. The molecule has 2 atom stereocenters. The molecule has 2 aromatic heterocycles. The van der Waals surface area contributed by atoms with Crippen molar-refractivity contribution in [2.24, 2.45) is 0 Å². The summed E-state index contributed by atoms with van der Waals surface area (Å²) in [7, 11) is 1.61. The van der Waals surface area contributed by atoms with Gasteiger partial charge in [-0.2, -0.15) is 9.97 Å². The third-order valence-corrected chi connectivity index (χ3v) is 7.44. The fourth-order valence-electron chi connectivity index (χ4n) is 5.42. The fourth-order valence-corrected chi connectivity index (χ4v) is 5.42. The summed E-state index contributed by atoms with van der Waals surface area (Å²) in [6.07, 6.45) is 0.328. The number of ether oxygens (including phenoxy) is 2. The third-order valence-electron chi connectivity index (χ3n) is 7.44. The first-order valence-corrected chi connectivity index (χ1v) is 13.0. The van der Waals surface area contributed by atoms with Crippen LogP contribution in [-0.2, 0) is 14.3 Å². The first-order chi connectivity index (χ1) is 18.4. The molecule has 198 valence electrons. The Hall–Kier alpha value is -3.83. The van der Waals surface area contributed by atoms with E-state index in [4.69, 9.17) is 24.4 Å². The molecular formula is C27H31N7O4. The fraction of sp³-hybridized carbons (Fsp3) is 0.444. The van der Waals surface area contributed by atoms with Crippen LogP contribution in [0.2, 0.25) is 0 Å². The van der Waals surface area contributed by atoms with E-state index in [0.29, 0.717) is 69.6 Å². The Bertz CT molecular complexity index is 1400. The second-order valence-electron chi connectivity index (χ2n) is 10.1. The number of benzene rings is 1. The zero-order valence-electron chi connectivity index (χ0n) is 21.6. The summed E-state index contributed by atoms with van der Waals surface area (Å²) in [6, 6.07) is 11.5. The highest BCUT2D eigenvalue weighted by Crippen LogP contribution is 2.33. The van der Waals surface area contributed by atoms with Gasteiger partial charge in [-0.05, 0) is 31.2 Å². The van der Waals surface area contributed by atoms with Crippen molar-refractivity contribution in [1.82, 2.24) is 25.6 Å². The number of aromatic nitrogens is 3. The van der Waals surface area contributed by atoms with Crippen molar-refractivity contribution in [3.63, 3.8) is 0 Å². The van der Waals surface area contributed by atoms with Gasteiger partial charge in [0.05, 0.1) is 49.9 Å². The van der Waals surface area contributed by atoms with Gasteiger partial charge in [-0.15, -0.1) is 0 Å². The molecule has 1 aromatic carbocycles. The minimum absolute atomic E-state index is 0.000552. The molecule has 1 spiro atoms. The van der Waals surface area contributed by atoms with E-state index in [1.165, 1.54) is 0 Å². The van der Waals surface area contributed by atoms with Gasteiger partial charge in [-0.25, -0.2) is 4.98 Å². The molecule has 38 heavy (non-hydrogen) atoms. The van der Waals surface area contributed by atoms with Gasteiger partial charge in [0.2, 0.25) is 11.9 Å². The lowest BCUT2D eigenvalue weighted by atomic mass is 10.0. The third kappa shape index (κ3) is 4.52. The lowest BCUT2D eigenvalue weighted by Gasteiger charge is -2.40. The molecule has 5 heterocycles. The van der Waals surface area contributed by atoms with Crippen LogP contribution in [0.5, 0.6) is 0 Å². The van der Waals surface area contributed by atoms with Gasteiger partial charge in [-0.3, -0.25) is 9.59 Å². The number of fused-ring (bicyclic) bond motifs is 1. The molecule has 3 fully saturated rings. The maximum atomic E-state index is 12.2. The maximum Gasteiger partial charge on any atom is 0.251 e. The Labute approximate surface area is 220 Å². The lowest BCUT2D eigenvalue weighted by Crippen LogP contribution is -2.53. The predicted octanol–water partition coefficient (Wildman–Crippen LogP) is 1.37. The number of rotatable bonds is 4. The maximum absolute atomic E-state index is 12.2. The monoisotopic (exact) mass is 517 g/mol. The van der Waals surface area contributed by atoms with E-state index in [1.807, 2.05) is 30.3 Å². The van der Waals surface area contributed by atoms with Gasteiger partial charge in [0, 0.05) is 37.8 Å². The molecule has 0 bridgehead atoms. The normalized spacial score (nSPS) is 23.6. The zero-order valence-corrected chi connectivity index (χ0v) is 21.6. The molecule has 0 radical (unpaired) electrons.